The first kappa shape index (κ1) is 36.0. The number of hydrogen-bond donors (Lipinski definition) is 0. The van der Waals surface area contributed by atoms with E-state index in [1.54, 1.807) is 0 Å². The van der Waals surface area contributed by atoms with Gasteiger partial charge in [-0.05, 0) is 86.8 Å². The lowest BCUT2D eigenvalue weighted by atomic mass is 9.73. The fourth-order valence-corrected chi connectivity index (χ4v) is 11.8. The highest BCUT2D eigenvalue weighted by Crippen LogP contribution is 2.57. The van der Waals surface area contributed by atoms with Gasteiger partial charge in [0.05, 0.1) is 27.4 Å². The summed E-state index contributed by atoms with van der Waals surface area (Å²) in [5, 5.41) is 5.03. The molecule has 0 amide bonds. The zero-order chi connectivity index (χ0) is 41.0. The van der Waals surface area contributed by atoms with E-state index in [-0.39, 0.29) is 10.8 Å². The Hall–Kier alpha value is -6.94. The van der Waals surface area contributed by atoms with Crippen LogP contribution in [0.25, 0.3) is 53.2 Å². The van der Waals surface area contributed by atoms with Crippen LogP contribution in [0.5, 0.6) is 0 Å². The largest absolute Gasteiger partial charge is 0.309 e. The summed E-state index contributed by atoms with van der Waals surface area (Å²) >= 11 is 1.89. The summed E-state index contributed by atoms with van der Waals surface area (Å²) in [7, 11) is 0. The van der Waals surface area contributed by atoms with Gasteiger partial charge in [-0.3, -0.25) is 0 Å². The Morgan fingerprint density at radius 3 is 1.92 bits per heavy atom. The molecule has 2 nitrogen and oxygen atoms in total. The Morgan fingerprint density at radius 1 is 0.426 bits per heavy atom. The van der Waals surface area contributed by atoms with Gasteiger partial charge in [0.15, 0.2) is 0 Å². The van der Waals surface area contributed by atoms with Gasteiger partial charge in [0.1, 0.15) is 0 Å². The van der Waals surface area contributed by atoms with E-state index in [2.05, 4.69) is 232 Å². The third-order valence-electron chi connectivity index (χ3n) is 13.6. The Morgan fingerprint density at radius 2 is 1.05 bits per heavy atom. The fourth-order valence-electron chi connectivity index (χ4n) is 10.6. The number of para-hydroxylation sites is 1. The van der Waals surface area contributed by atoms with Crippen LogP contribution in [0.4, 0.5) is 34.1 Å². The normalized spacial score (nSPS) is 14.5. The zero-order valence-electron chi connectivity index (χ0n) is 34.8. The van der Waals surface area contributed by atoms with Gasteiger partial charge in [-0.25, -0.2) is 0 Å². The predicted molar refractivity (Wildman–Crippen MR) is 261 cm³/mol. The quantitative estimate of drug-likeness (QED) is 0.171. The summed E-state index contributed by atoms with van der Waals surface area (Å²) in [6.07, 6.45) is 0. The molecule has 0 fully saturated rings. The maximum absolute atomic E-state index is 2.57. The molecule has 0 unspecified atom stereocenters. The molecule has 10 aromatic rings. The van der Waals surface area contributed by atoms with E-state index in [1.165, 1.54) is 98.2 Å². The van der Waals surface area contributed by atoms with Gasteiger partial charge >= 0.3 is 0 Å². The Bertz CT molecular complexity index is 3390. The average molecular weight is 801 g/mol. The van der Waals surface area contributed by atoms with Crippen LogP contribution in [0.1, 0.15) is 49.9 Å². The zero-order valence-corrected chi connectivity index (χ0v) is 35.6. The molecule has 3 heteroatoms. The molecule has 9 aromatic carbocycles. The average Bonchev–Trinajstić information content (AvgIpc) is 3.79. The predicted octanol–water partition coefficient (Wildman–Crippen LogP) is 16.8. The second-order valence-electron chi connectivity index (χ2n) is 17.7. The van der Waals surface area contributed by atoms with E-state index in [4.69, 9.17) is 0 Å². The van der Waals surface area contributed by atoms with Crippen LogP contribution >= 0.6 is 11.3 Å². The highest BCUT2D eigenvalue weighted by molar-refractivity contribution is 7.26. The summed E-state index contributed by atoms with van der Waals surface area (Å²) in [5.41, 5.74) is 17.1. The van der Waals surface area contributed by atoms with Crippen LogP contribution in [0.3, 0.4) is 0 Å². The summed E-state index contributed by atoms with van der Waals surface area (Å²) < 4.78 is 2.59. The Labute approximate surface area is 361 Å². The van der Waals surface area contributed by atoms with Crippen LogP contribution in [-0.4, -0.2) is 0 Å². The van der Waals surface area contributed by atoms with Gasteiger partial charge in [-0.2, -0.15) is 0 Å². The summed E-state index contributed by atoms with van der Waals surface area (Å²) in [6, 6.07) is 72.4. The molecule has 0 N–H and O–H groups in total. The molecule has 0 radical (unpaired) electrons. The number of rotatable bonds is 5. The molecule has 292 valence electrons. The van der Waals surface area contributed by atoms with Gasteiger partial charge in [0.2, 0.25) is 0 Å². The maximum Gasteiger partial charge on any atom is 0.0640 e. The van der Waals surface area contributed by atoms with Gasteiger partial charge in [-0.1, -0.05) is 179 Å². The minimum Gasteiger partial charge on any atom is -0.309 e. The van der Waals surface area contributed by atoms with Crippen molar-refractivity contribution in [1.29, 1.82) is 0 Å². The highest BCUT2D eigenvalue weighted by Gasteiger charge is 2.39. The fraction of sp³-hybridized carbons (Fsp3) is 0.103. The number of anilines is 6. The van der Waals surface area contributed by atoms with Crippen molar-refractivity contribution in [2.24, 2.45) is 0 Å². The van der Waals surface area contributed by atoms with E-state index in [9.17, 15) is 0 Å². The first-order valence-electron chi connectivity index (χ1n) is 21.4. The second-order valence-corrected chi connectivity index (χ2v) is 18.8. The molecule has 0 atom stereocenters. The smallest absolute Gasteiger partial charge is 0.0640 e. The molecule has 2 heterocycles. The lowest BCUT2D eigenvalue weighted by molar-refractivity contribution is 0.632. The molecule has 1 aliphatic carbocycles. The minimum atomic E-state index is -0.252. The van der Waals surface area contributed by atoms with Crippen LogP contribution in [0.2, 0.25) is 0 Å². The first-order chi connectivity index (χ1) is 29.8. The standard InChI is InChI=1S/C58H44N2S/c1-57(2)47-24-12-10-21-43(47)44-33-30-39(35-50(44)57)59(52-27-16-23-46-45-22-11-15-28-54(45)61-56(46)52)40-31-34-49-53(36-40)60(51-26-14-13-25-48(51)58(49,3)4)55-41-20-9-8-19-38(41)29-32-42(55)37-17-6-5-7-18-37/h5-36H,1-4H3. The van der Waals surface area contributed by atoms with Crippen molar-refractivity contribution in [3.05, 3.63) is 216 Å². The van der Waals surface area contributed by atoms with Crippen LogP contribution < -0.4 is 9.80 Å². The van der Waals surface area contributed by atoms with Gasteiger partial charge in [0.25, 0.3) is 0 Å². The first-order valence-corrected chi connectivity index (χ1v) is 22.2. The van der Waals surface area contributed by atoms with Crippen molar-refractivity contribution >= 4 is 76.4 Å². The topological polar surface area (TPSA) is 6.48 Å². The minimum absolute atomic E-state index is 0.139. The summed E-state index contributed by atoms with van der Waals surface area (Å²) in [6.45, 7) is 9.53. The van der Waals surface area contributed by atoms with Crippen molar-refractivity contribution in [2.75, 3.05) is 9.80 Å². The molecule has 0 saturated carbocycles. The number of fused-ring (bicyclic) bond motifs is 9. The molecule has 12 rings (SSSR count). The second kappa shape index (κ2) is 13.3. The molecule has 1 aromatic heterocycles. The molecular formula is C58H44N2S. The molecule has 0 bridgehead atoms. The Balaban J connectivity index is 1.15. The molecule has 1 aliphatic heterocycles. The molecule has 2 aliphatic rings. The number of hydrogen-bond acceptors (Lipinski definition) is 3. The van der Waals surface area contributed by atoms with E-state index in [1.807, 2.05) is 11.3 Å². The van der Waals surface area contributed by atoms with Crippen molar-refractivity contribution in [3.63, 3.8) is 0 Å². The lowest BCUT2D eigenvalue weighted by Crippen LogP contribution is -2.31. The van der Waals surface area contributed by atoms with Crippen molar-refractivity contribution < 1.29 is 0 Å². The number of nitrogens with zero attached hydrogens (tertiary/aromatic N) is 2. The molecule has 0 saturated heterocycles. The van der Waals surface area contributed by atoms with Crippen molar-refractivity contribution in [1.82, 2.24) is 0 Å². The number of thiophene rings is 1. The van der Waals surface area contributed by atoms with E-state index >= 15 is 0 Å². The van der Waals surface area contributed by atoms with Crippen molar-refractivity contribution in [2.45, 2.75) is 38.5 Å². The van der Waals surface area contributed by atoms with Crippen LogP contribution in [0.15, 0.2) is 194 Å². The Kier molecular flexibility index (Phi) is 7.83. The molecule has 61 heavy (non-hydrogen) atoms. The van der Waals surface area contributed by atoms with Crippen molar-refractivity contribution in [3.8, 4) is 22.3 Å². The third-order valence-corrected chi connectivity index (χ3v) is 14.8. The summed E-state index contributed by atoms with van der Waals surface area (Å²) in [4.78, 5) is 5.11. The van der Waals surface area contributed by atoms with Gasteiger partial charge in [0, 0.05) is 48.6 Å². The molecule has 0 spiro atoms. The van der Waals surface area contributed by atoms with E-state index in [0.29, 0.717) is 0 Å². The lowest BCUT2D eigenvalue weighted by Gasteiger charge is -2.43. The van der Waals surface area contributed by atoms with Gasteiger partial charge < -0.3 is 9.80 Å². The summed E-state index contributed by atoms with van der Waals surface area (Å²) in [5.74, 6) is 0. The van der Waals surface area contributed by atoms with Crippen LogP contribution in [0, 0.1) is 0 Å². The third kappa shape index (κ3) is 5.27. The SMILES string of the molecule is CC1(C)c2ccccc2-c2ccc(N(c3ccc4c(c3)N(c3c(-c5ccccc5)ccc5ccccc35)c3ccccc3C4(C)C)c3cccc4c3sc3ccccc34)cc21. The monoisotopic (exact) mass is 800 g/mol. The van der Waals surface area contributed by atoms with E-state index < -0.39 is 0 Å². The number of benzene rings is 9. The molecular weight excluding hydrogens is 757 g/mol. The van der Waals surface area contributed by atoms with Gasteiger partial charge in [-0.15, -0.1) is 11.3 Å². The maximum atomic E-state index is 2.57. The van der Waals surface area contributed by atoms with E-state index in [0.717, 1.165) is 11.4 Å². The van der Waals surface area contributed by atoms with Crippen LogP contribution in [-0.2, 0) is 10.8 Å². The highest BCUT2D eigenvalue weighted by atomic mass is 32.1.